The fraction of sp³-hybridized carbons (Fsp3) is 0.818. The zero-order valence-electron chi connectivity index (χ0n) is 10.2. The molecular formula is C11H20N4O2. The van der Waals surface area contributed by atoms with Crippen molar-refractivity contribution >= 4 is 11.9 Å². The van der Waals surface area contributed by atoms with Crippen molar-refractivity contribution in [1.82, 2.24) is 20.9 Å². The van der Waals surface area contributed by atoms with E-state index in [1.165, 1.54) is 0 Å². The molecule has 0 aromatic heterocycles. The van der Waals surface area contributed by atoms with Gasteiger partial charge in [0.15, 0.2) is 0 Å². The molecular weight excluding hydrogens is 220 g/mol. The molecule has 2 fully saturated rings. The highest BCUT2D eigenvalue weighted by Gasteiger charge is 2.34. The van der Waals surface area contributed by atoms with Crippen molar-refractivity contribution in [2.24, 2.45) is 0 Å². The summed E-state index contributed by atoms with van der Waals surface area (Å²) in [6, 6.07) is -0.167. The van der Waals surface area contributed by atoms with Crippen LogP contribution >= 0.6 is 0 Å². The van der Waals surface area contributed by atoms with Crippen molar-refractivity contribution in [3.8, 4) is 0 Å². The average molecular weight is 240 g/mol. The molecule has 1 heterocycles. The minimum Gasteiger partial charge on any atom is -0.355 e. The quantitative estimate of drug-likeness (QED) is 0.609. The molecule has 1 unspecified atom stereocenters. The van der Waals surface area contributed by atoms with E-state index in [2.05, 4.69) is 16.0 Å². The van der Waals surface area contributed by atoms with Crippen LogP contribution in [0.4, 0.5) is 4.79 Å². The van der Waals surface area contributed by atoms with E-state index >= 15 is 0 Å². The van der Waals surface area contributed by atoms with Crippen LogP contribution in [0.15, 0.2) is 0 Å². The number of carbonyl (C=O) groups excluding carboxylic acids is 2. The van der Waals surface area contributed by atoms with E-state index in [1.54, 1.807) is 4.90 Å². The maximum atomic E-state index is 12.0. The summed E-state index contributed by atoms with van der Waals surface area (Å²) in [6.45, 7) is 4.33. The molecule has 1 saturated carbocycles. The number of piperazine rings is 1. The van der Waals surface area contributed by atoms with Gasteiger partial charge >= 0.3 is 6.03 Å². The Morgan fingerprint density at radius 1 is 1.41 bits per heavy atom. The molecule has 3 amide bonds. The number of hydrogen-bond donors (Lipinski definition) is 3. The second-order valence-electron chi connectivity index (χ2n) is 4.53. The highest BCUT2D eigenvalue weighted by Crippen LogP contribution is 2.19. The van der Waals surface area contributed by atoms with Crippen LogP contribution < -0.4 is 16.0 Å². The lowest BCUT2D eigenvalue weighted by Gasteiger charge is -2.35. The Labute approximate surface area is 101 Å². The number of nitrogens with zero attached hydrogens (tertiary/aromatic N) is 1. The molecule has 6 heteroatoms. The minimum atomic E-state index is -0.387. The van der Waals surface area contributed by atoms with Crippen molar-refractivity contribution in [2.45, 2.75) is 31.8 Å². The van der Waals surface area contributed by atoms with Gasteiger partial charge in [0, 0.05) is 32.2 Å². The van der Waals surface area contributed by atoms with Crippen molar-refractivity contribution in [3.05, 3.63) is 0 Å². The van der Waals surface area contributed by atoms with Crippen LogP contribution in [0.3, 0.4) is 0 Å². The highest BCUT2D eigenvalue weighted by molar-refractivity contribution is 5.87. The lowest BCUT2D eigenvalue weighted by Crippen LogP contribution is -2.61. The van der Waals surface area contributed by atoms with Crippen LogP contribution in [0.2, 0.25) is 0 Å². The largest absolute Gasteiger partial charge is 0.355 e. The molecule has 1 aliphatic heterocycles. The van der Waals surface area contributed by atoms with Gasteiger partial charge in [-0.1, -0.05) is 0 Å². The molecule has 0 bridgehead atoms. The van der Waals surface area contributed by atoms with Gasteiger partial charge in [0.05, 0.1) is 0 Å². The van der Waals surface area contributed by atoms with Gasteiger partial charge in [-0.3, -0.25) is 4.79 Å². The Morgan fingerprint density at radius 3 is 2.82 bits per heavy atom. The van der Waals surface area contributed by atoms with E-state index in [-0.39, 0.29) is 18.0 Å². The van der Waals surface area contributed by atoms with Crippen molar-refractivity contribution < 1.29 is 9.59 Å². The Balaban J connectivity index is 1.94. The third-order valence-electron chi connectivity index (χ3n) is 3.06. The maximum absolute atomic E-state index is 12.0. The summed E-state index contributed by atoms with van der Waals surface area (Å²) in [4.78, 5) is 25.5. The fourth-order valence-electron chi connectivity index (χ4n) is 1.96. The zero-order valence-corrected chi connectivity index (χ0v) is 10.2. The second kappa shape index (κ2) is 5.35. The molecule has 0 aromatic carbocycles. The Morgan fingerprint density at radius 2 is 2.18 bits per heavy atom. The number of hydrogen-bond acceptors (Lipinski definition) is 3. The van der Waals surface area contributed by atoms with Crippen molar-refractivity contribution in [2.75, 3.05) is 26.2 Å². The molecule has 1 aliphatic carbocycles. The lowest BCUT2D eigenvalue weighted by molar-refractivity contribution is -0.125. The maximum Gasteiger partial charge on any atom is 0.318 e. The van der Waals surface area contributed by atoms with E-state index in [9.17, 15) is 9.59 Å². The lowest BCUT2D eigenvalue weighted by atomic mass is 10.2. The van der Waals surface area contributed by atoms with E-state index in [0.29, 0.717) is 25.7 Å². The number of amides is 3. The second-order valence-corrected chi connectivity index (χ2v) is 4.53. The van der Waals surface area contributed by atoms with Gasteiger partial charge in [0.2, 0.25) is 5.91 Å². The van der Waals surface area contributed by atoms with Gasteiger partial charge in [-0.05, 0) is 19.8 Å². The number of likely N-dealkylation sites (N-methyl/N-ethyl adjacent to an activating group) is 1. The van der Waals surface area contributed by atoms with Gasteiger partial charge in [0.25, 0.3) is 0 Å². The third kappa shape index (κ3) is 3.09. The van der Waals surface area contributed by atoms with Gasteiger partial charge in [-0.2, -0.15) is 0 Å². The molecule has 2 aliphatic rings. The predicted molar refractivity (Wildman–Crippen MR) is 63.6 cm³/mol. The molecule has 0 spiro atoms. The molecule has 0 aromatic rings. The Hall–Kier alpha value is -1.30. The van der Waals surface area contributed by atoms with Crippen molar-refractivity contribution in [1.29, 1.82) is 0 Å². The molecule has 3 N–H and O–H groups in total. The molecule has 17 heavy (non-hydrogen) atoms. The normalized spacial score (nSPS) is 24.3. The number of nitrogens with one attached hydrogen (secondary N) is 3. The molecule has 2 rings (SSSR count). The van der Waals surface area contributed by atoms with Crippen LogP contribution in [-0.4, -0.2) is 55.1 Å². The first kappa shape index (κ1) is 12.2. The molecule has 1 saturated heterocycles. The fourth-order valence-corrected chi connectivity index (χ4v) is 1.96. The summed E-state index contributed by atoms with van der Waals surface area (Å²) in [5.74, 6) is -0.0781. The van der Waals surface area contributed by atoms with Crippen LogP contribution in [0.1, 0.15) is 19.8 Å². The summed E-state index contributed by atoms with van der Waals surface area (Å²) >= 11 is 0. The van der Waals surface area contributed by atoms with Gasteiger partial charge in [-0.25, -0.2) is 4.79 Å². The number of urea groups is 1. The van der Waals surface area contributed by atoms with Crippen LogP contribution in [0, 0.1) is 0 Å². The Kier molecular flexibility index (Phi) is 3.83. The third-order valence-corrected chi connectivity index (χ3v) is 3.06. The zero-order chi connectivity index (χ0) is 12.3. The first-order chi connectivity index (χ1) is 8.22. The highest BCUT2D eigenvalue weighted by atomic mass is 16.2. The van der Waals surface area contributed by atoms with E-state index in [4.69, 9.17) is 0 Å². The van der Waals surface area contributed by atoms with Crippen LogP contribution in [0.5, 0.6) is 0 Å². The molecule has 0 radical (unpaired) electrons. The average Bonchev–Trinajstić information content (AvgIpc) is 3.13. The monoisotopic (exact) mass is 240 g/mol. The number of carbonyl (C=O) groups is 2. The summed E-state index contributed by atoms with van der Waals surface area (Å²) in [7, 11) is 0. The standard InChI is InChI=1S/C11H20N4O2/c1-2-13-10(16)9-7-12-5-6-15(9)11(17)14-8-3-4-8/h8-9,12H,2-7H2,1H3,(H,13,16)(H,14,17). The molecule has 96 valence electrons. The SMILES string of the molecule is CCNC(=O)C1CNCCN1C(=O)NC1CC1. The van der Waals surface area contributed by atoms with E-state index in [0.717, 1.165) is 19.4 Å². The van der Waals surface area contributed by atoms with E-state index < -0.39 is 0 Å². The predicted octanol–water partition coefficient (Wildman–Crippen LogP) is -0.732. The summed E-state index contributed by atoms with van der Waals surface area (Å²) < 4.78 is 0. The molecule has 1 atom stereocenters. The smallest absolute Gasteiger partial charge is 0.318 e. The summed E-state index contributed by atoms with van der Waals surface area (Å²) in [6.07, 6.45) is 2.12. The van der Waals surface area contributed by atoms with E-state index in [1.807, 2.05) is 6.92 Å². The van der Waals surface area contributed by atoms with Gasteiger partial charge in [-0.15, -0.1) is 0 Å². The van der Waals surface area contributed by atoms with Crippen molar-refractivity contribution in [3.63, 3.8) is 0 Å². The van der Waals surface area contributed by atoms with Gasteiger partial charge in [0.1, 0.15) is 6.04 Å². The Bertz CT molecular complexity index is 304. The van der Waals surface area contributed by atoms with Gasteiger partial charge < -0.3 is 20.9 Å². The first-order valence-electron chi connectivity index (χ1n) is 6.28. The summed E-state index contributed by atoms with van der Waals surface area (Å²) in [5.41, 5.74) is 0. The summed E-state index contributed by atoms with van der Waals surface area (Å²) in [5, 5.41) is 8.84. The topological polar surface area (TPSA) is 73.5 Å². The molecule has 6 nitrogen and oxygen atoms in total. The minimum absolute atomic E-state index is 0.0781. The number of rotatable bonds is 3. The van der Waals surface area contributed by atoms with Crippen LogP contribution in [-0.2, 0) is 4.79 Å². The van der Waals surface area contributed by atoms with Crippen LogP contribution in [0.25, 0.3) is 0 Å². The first-order valence-corrected chi connectivity index (χ1v) is 6.28.